The molecule has 8 heteroatoms. The number of hydrogen-bond donors (Lipinski definition) is 1. The van der Waals surface area contributed by atoms with Crippen molar-refractivity contribution in [3.05, 3.63) is 59.4 Å². The lowest BCUT2D eigenvalue weighted by molar-refractivity contribution is 0.0150. The number of carbonyl (C=O) groups is 2. The van der Waals surface area contributed by atoms with Crippen LogP contribution in [0.4, 0.5) is 10.1 Å². The van der Waals surface area contributed by atoms with Gasteiger partial charge in [-0.3, -0.25) is 14.5 Å². The molecule has 0 saturated carbocycles. The van der Waals surface area contributed by atoms with Crippen molar-refractivity contribution in [1.29, 1.82) is 0 Å². The summed E-state index contributed by atoms with van der Waals surface area (Å²) in [7, 11) is 5.41. The highest BCUT2D eigenvalue weighted by Gasteiger charge is 2.27. The molecule has 0 aromatic heterocycles. The molecule has 2 aromatic rings. The molecule has 7 nitrogen and oxygen atoms in total. The maximum absolute atomic E-state index is 14.0. The van der Waals surface area contributed by atoms with Crippen molar-refractivity contribution in [3.63, 3.8) is 0 Å². The van der Waals surface area contributed by atoms with E-state index in [-0.39, 0.29) is 29.5 Å². The van der Waals surface area contributed by atoms with E-state index in [9.17, 15) is 14.0 Å². The Morgan fingerprint density at radius 2 is 1.88 bits per heavy atom. The van der Waals surface area contributed by atoms with Crippen molar-refractivity contribution >= 4 is 17.5 Å². The lowest BCUT2D eigenvalue weighted by Crippen LogP contribution is -2.45. The molecule has 1 N–H and O–H groups in total. The van der Waals surface area contributed by atoms with Gasteiger partial charge in [0.2, 0.25) is 0 Å². The summed E-state index contributed by atoms with van der Waals surface area (Å²) in [6, 6.07) is 10.7. The lowest BCUT2D eigenvalue weighted by atomic mass is 10.0. The Morgan fingerprint density at radius 3 is 2.58 bits per heavy atom. The predicted octanol–water partition coefficient (Wildman–Crippen LogP) is 3.51. The molecule has 1 heterocycles. The van der Waals surface area contributed by atoms with E-state index in [1.165, 1.54) is 18.2 Å². The SMILES string of the molecule is CO[C@H]1CN(C)C(=O)c2cc(NC(=O)c3ccccc3F)ccc2OC[C@@H](C)N(C)C[C@H]1C. The van der Waals surface area contributed by atoms with Crippen LogP contribution in [0.2, 0.25) is 0 Å². The molecule has 0 unspecified atom stereocenters. The van der Waals surface area contributed by atoms with Gasteiger partial charge in [-0.25, -0.2) is 4.39 Å². The van der Waals surface area contributed by atoms with E-state index >= 15 is 0 Å². The smallest absolute Gasteiger partial charge is 0.258 e. The van der Waals surface area contributed by atoms with E-state index in [4.69, 9.17) is 9.47 Å². The van der Waals surface area contributed by atoms with Crippen LogP contribution in [0.5, 0.6) is 5.75 Å². The third-order valence-electron chi connectivity index (χ3n) is 6.13. The van der Waals surface area contributed by atoms with E-state index < -0.39 is 11.7 Å². The first kappa shape index (κ1) is 24.7. The zero-order valence-electron chi connectivity index (χ0n) is 19.8. The predicted molar refractivity (Wildman–Crippen MR) is 125 cm³/mol. The molecule has 3 atom stereocenters. The Balaban J connectivity index is 1.92. The van der Waals surface area contributed by atoms with Gasteiger partial charge in [-0.05, 0) is 50.2 Å². The fourth-order valence-electron chi connectivity index (χ4n) is 3.88. The number of halogens is 1. The Labute approximate surface area is 194 Å². The van der Waals surface area contributed by atoms with Crippen molar-refractivity contribution < 1.29 is 23.5 Å². The van der Waals surface area contributed by atoms with Crippen LogP contribution in [0, 0.1) is 11.7 Å². The Kier molecular flexibility index (Phi) is 8.05. The second kappa shape index (κ2) is 10.8. The maximum atomic E-state index is 14.0. The number of nitrogens with one attached hydrogen (secondary N) is 1. The molecular formula is C25H32FN3O4. The van der Waals surface area contributed by atoms with Gasteiger partial charge < -0.3 is 19.7 Å². The zero-order chi connectivity index (χ0) is 24.1. The van der Waals surface area contributed by atoms with Crippen LogP contribution >= 0.6 is 0 Å². The van der Waals surface area contributed by atoms with Crippen LogP contribution < -0.4 is 10.1 Å². The van der Waals surface area contributed by atoms with E-state index in [1.54, 1.807) is 43.3 Å². The normalized spacial score (nSPS) is 22.5. The van der Waals surface area contributed by atoms with Crippen LogP contribution in [-0.2, 0) is 4.74 Å². The quantitative estimate of drug-likeness (QED) is 0.764. The number of nitrogens with zero attached hydrogens (tertiary/aromatic N) is 2. The van der Waals surface area contributed by atoms with Gasteiger partial charge >= 0.3 is 0 Å². The summed E-state index contributed by atoms with van der Waals surface area (Å²) in [5.41, 5.74) is 0.627. The number of carbonyl (C=O) groups excluding carboxylic acids is 2. The summed E-state index contributed by atoms with van der Waals surface area (Å²) < 4.78 is 25.7. The first-order chi connectivity index (χ1) is 15.7. The number of fused-ring (bicyclic) bond motifs is 1. The first-order valence-corrected chi connectivity index (χ1v) is 11.0. The topological polar surface area (TPSA) is 71.1 Å². The van der Waals surface area contributed by atoms with Gasteiger partial charge in [0.1, 0.15) is 18.2 Å². The van der Waals surface area contributed by atoms with Crippen LogP contribution in [-0.4, -0.2) is 74.7 Å². The van der Waals surface area contributed by atoms with Gasteiger partial charge in [-0.15, -0.1) is 0 Å². The van der Waals surface area contributed by atoms with Gasteiger partial charge in [0.05, 0.1) is 17.2 Å². The second-order valence-corrected chi connectivity index (χ2v) is 8.68. The molecule has 0 radical (unpaired) electrons. The average Bonchev–Trinajstić information content (AvgIpc) is 2.80. The third-order valence-corrected chi connectivity index (χ3v) is 6.13. The highest BCUT2D eigenvalue weighted by Crippen LogP contribution is 2.26. The minimum Gasteiger partial charge on any atom is -0.491 e. The van der Waals surface area contributed by atoms with E-state index in [2.05, 4.69) is 24.1 Å². The van der Waals surface area contributed by atoms with E-state index in [0.717, 1.165) is 6.54 Å². The Morgan fingerprint density at radius 1 is 1.15 bits per heavy atom. The number of hydrogen-bond acceptors (Lipinski definition) is 5. The van der Waals surface area contributed by atoms with Gasteiger partial charge in [0.15, 0.2) is 0 Å². The highest BCUT2D eigenvalue weighted by atomic mass is 19.1. The summed E-state index contributed by atoms with van der Waals surface area (Å²) >= 11 is 0. The molecule has 2 aromatic carbocycles. The largest absolute Gasteiger partial charge is 0.491 e. The van der Waals surface area contributed by atoms with Crippen molar-refractivity contribution in [1.82, 2.24) is 9.80 Å². The lowest BCUT2D eigenvalue weighted by Gasteiger charge is -2.34. The fraction of sp³-hybridized carbons (Fsp3) is 0.440. The monoisotopic (exact) mass is 457 g/mol. The fourth-order valence-corrected chi connectivity index (χ4v) is 3.88. The summed E-state index contributed by atoms with van der Waals surface area (Å²) in [6.07, 6.45) is -0.138. The van der Waals surface area contributed by atoms with E-state index in [0.29, 0.717) is 30.2 Å². The van der Waals surface area contributed by atoms with Crippen LogP contribution in [0.1, 0.15) is 34.6 Å². The van der Waals surface area contributed by atoms with E-state index in [1.807, 2.05) is 7.05 Å². The highest BCUT2D eigenvalue weighted by molar-refractivity contribution is 6.05. The maximum Gasteiger partial charge on any atom is 0.258 e. The number of anilines is 1. The summed E-state index contributed by atoms with van der Waals surface area (Å²) in [6.45, 7) is 5.78. The van der Waals surface area contributed by atoms with Crippen molar-refractivity contribution in [2.75, 3.05) is 46.2 Å². The molecule has 0 saturated heterocycles. The van der Waals surface area contributed by atoms with Gasteiger partial charge in [-0.1, -0.05) is 19.1 Å². The standard InChI is InChI=1S/C25H32FN3O4/c1-16-13-28(3)17(2)15-33-22-11-10-18(27-24(30)19-8-6-7-9-21(19)26)12-20(22)25(31)29(4)14-23(16)32-5/h6-12,16-17,23H,13-15H2,1-5H3,(H,27,30)/t16-,17-,23+/m1/s1. The molecule has 178 valence electrons. The number of benzene rings is 2. The van der Waals surface area contributed by atoms with Gasteiger partial charge in [0, 0.05) is 39.0 Å². The van der Waals surface area contributed by atoms with Gasteiger partial charge in [0.25, 0.3) is 11.8 Å². The third kappa shape index (κ3) is 5.89. The van der Waals surface area contributed by atoms with Crippen LogP contribution in [0.3, 0.4) is 0 Å². The van der Waals surface area contributed by atoms with Crippen molar-refractivity contribution in [2.24, 2.45) is 5.92 Å². The molecule has 0 fully saturated rings. The second-order valence-electron chi connectivity index (χ2n) is 8.68. The number of amides is 2. The molecule has 2 amide bonds. The van der Waals surface area contributed by atoms with Crippen molar-refractivity contribution in [3.8, 4) is 5.75 Å². The number of rotatable bonds is 3. The minimum atomic E-state index is -0.613. The summed E-state index contributed by atoms with van der Waals surface area (Å²) in [4.78, 5) is 29.7. The molecule has 1 aliphatic heterocycles. The molecule has 0 spiro atoms. The molecule has 1 aliphatic rings. The Bertz CT molecular complexity index is 999. The number of ether oxygens (including phenoxy) is 2. The van der Waals surface area contributed by atoms with Gasteiger partial charge in [-0.2, -0.15) is 0 Å². The van der Waals surface area contributed by atoms with Crippen LogP contribution in [0.25, 0.3) is 0 Å². The van der Waals surface area contributed by atoms with Crippen molar-refractivity contribution in [2.45, 2.75) is 26.0 Å². The molecule has 33 heavy (non-hydrogen) atoms. The molecule has 3 rings (SSSR count). The molecular weight excluding hydrogens is 425 g/mol. The summed E-state index contributed by atoms with van der Waals surface area (Å²) in [5.74, 6) is -0.825. The first-order valence-electron chi connectivity index (χ1n) is 11.0. The average molecular weight is 458 g/mol. The Hall–Kier alpha value is -2.97. The summed E-state index contributed by atoms with van der Waals surface area (Å²) in [5, 5.41) is 2.68. The molecule has 0 bridgehead atoms. The number of likely N-dealkylation sites (N-methyl/N-ethyl adjacent to an activating group) is 2. The minimum absolute atomic E-state index is 0.0706. The zero-order valence-corrected chi connectivity index (χ0v) is 19.8. The number of methoxy groups -OCH3 is 1. The van der Waals surface area contributed by atoms with Crippen LogP contribution in [0.15, 0.2) is 42.5 Å². The molecule has 0 aliphatic carbocycles.